The van der Waals surface area contributed by atoms with Crippen LogP contribution in [0, 0.1) is 0 Å². The average Bonchev–Trinajstić information content (AvgIpc) is 2.40. The lowest BCUT2D eigenvalue weighted by molar-refractivity contribution is 0.000760. The third-order valence-electron chi connectivity index (χ3n) is 2.30. The minimum atomic E-state index is 0.475. The SMILES string of the molecule is CCC(C)OC1CCCC1. The summed E-state index contributed by atoms with van der Waals surface area (Å²) in [5.74, 6) is 0. The quantitative estimate of drug-likeness (QED) is 0.588. The van der Waals surface area contributed by atoms with Crippen LogP contribution in [0.3, 0.4) is 0 Å². The Morgan fingerprint density at radius 2 is 2.00 bits per heavy atom. The van der Waals surface area contributed by atoms with Crippen molar-refractivity contribution in [3.63, 3.8) is 0 Å². The van der Waals surface area contributed by atoms with Gasteiger partial charge in [-0.1, -0.05) is 19.8 Å². The molecule has 0 saturated heterocycles. The minimum Gasteiger partial charge on any atom is -0.375 e. The highest BCUT2D eigenvalue weighted by molar-refractivity contribution is 4.67. The molecule has 0 bridgehead atoms. The largest absolute Gasteiger partial charge is 0.375 e. The maximum absolute atomic E-state index is 5.76. The molecule has 10 heavy (non-hydrogen) atoms. The zero-order chi connectivity index (χ0) is 7.40. The molecule has 1 rings (SSSR count). The topological polar surface area (TPSA) is 9.23 Å². The average molecular weight is 142 g/mol. The molecule has 0 amide bonds. The predicted molar refractivity (Wildman–Crippen MR) is 43.1 cm³/mol. The molecular formula is C9H18O. The van der Waals surface area contributed by atoms with Crippen LogP contribution in [0.5, 0.6) is 0 Å². The lowest BCUT2D eigenvalue weighted by Crippen LogP contribution is -2.15. The molecule has 1 nitrogen and oxygen atoms in total. The van der Waals surface area contributed by atoms with Gasteiger partial charge >= 0.3 is 0 Å². The van der Waals surface area contributed by atoms with Gasteiger partial charge in [-0.3, -0.25) is 0 Å². The van der Waals surface area contributed by atoms with Crippen molar-refractivity contribution in [3.8, 4) is 0 Å². The first-order valence-electron chi connectivity index (χ1n) is 4.48. The first-order valence-corrected chi connectivity index (χ1v) is 4.48. The van der Waals surface area contributed by atoms with Crippen molar-refractivity contribution in [1.82, 2.24) is 0 Å². The van der Waals surface area contributed by atoms with Crippen LogP contribution in [0.2, 0.25) is 0 Å². The van der Waals surface area contributed by atoms with E-state index in [0.29, 0.717) is 12.2 Å². The van der Waals surface area contributed by atoms with Gasteiger partial charge in [0.1, 0.15) is 0 Å². The smallest absolute Gasteiger partial charge is 0.0578 e. The van der Waals surface area contributed by atoms with Crippen molar-refractivity contribution in [1.29, 1.82) is 0 Å². The molecule has 1 atom stereocenters. The fourth-order valence-corrected chi connectivity index (χ4v) is 1.45. The summed E-state index contributed by atoms with van der Waals surface area (Å²) in [5.41, 5.74) is 0. The van der Waals surface area contributed by atoms with E-state index in [-0.39, 0.29) is 0 Å². The van der Waals surface area contributed by atoms with Crippen LogP contribution < -0.4 is 0 Å². The second-order valence-electron chi connectivity index (χ2n) is 3.26. The van der Waals surface area contributed by atoms with Crippen LogP contribution in [0.4, 0.5) is 0 Å². The van der Waals surface area contributed by atoms with Crippen molar-refractivity contribution in [2.75, 3.05) is 0 Å². The molecule has 0 spiro atoms. The number of hydrogen-bond donors (Lipinski definition) is 0. The molecule has 0 N–H and O–H groups in total. The maximum Gasteiger partial charge on any atom is 0.0578 e. The molecule has 1 unspecified atom stereocenters. The van der Waals surface area contributed by atoms with E-state index in [2.05, 4.69) is 13.8 Å². The van der Waals surface area contributed by atoms with E-state index < -0.39 is 0 Å². The number of ether oxygens (including phenoxy) is 1. The molecule has 1 aliphatic rings. The van der Waals surface area contributed by atoms with Crippen molar-refractivity contribution < 1.29 is 4.74 Å². The highest BCUT2D eigenvalue weighted by atomic mass is 16.5. The lowest BCUT2D eigenvalue weighted by Gasteiger charge is -2.16. The molecule has 1 heteroatoms. The van der Waals surface area contributed by atoms with Crippen LogP contribution >= 0.6 is 0 Å². The first kappa shape index (κ1) is 8.06. The second kappa shape index (κ2) is 3.97. The van der Waals surface area contributed by atoms with Crippen LogP contribution in [-0.2, 0) is 4.74 Å². The molecule has 0 aromatic carbocycles. The summed E-state index contributed by atoms with van der Waals surface area (Å²) in [6.07, 6.45) is 7.56. The Balaban J connectivity index is 2.11. The van der Waals surface area contributed by atoms with Crippen LogP contribution in [-0.4, -0.2) is 12.2 Å². The van der Waals surface area contributed by atoms with Crippen molar-refractivity contribution in [3.05, 3.63) is 0 Å². The Hall–Kier alpha value is -0.0400. The van der Waals surface area contributed by atoms with Gasteiger partial charge in [0.2, 0.25) is 0 Å². The van der Waals surface area contributed by atoms with Crippen molar-refractivity contribution in [2.24, 2.45) is 0 Å². The Bertz CT molecular complexity index is 84.7. The Morgan fingerprint density at radius 3 is 2.50 bits per heavy atom. The van der Waals surface area contributed by atoms with E-state index in [1.165, 1.54) is 25.7 Å². The molecule has 60 valence electrons. The minimum absolute atomic E-state index is 0.475. The van der Waals surface area contributed by atoms with E-state index in [1.54, 1.807) is 0 Å². The molecule has 0 heterocycles. The fraction of sp³-hybridized carbons (Fsp3) is 1.00. The molecule has 0 aliphatic heterocycles. The predicted octanol–water partition coefficient (Wildman–Crippen LogP) is 2.74. The molecule has 0 aromatic rings. The molecule has 1 saturated carbocycles. The summed E-state index contributed by atoms with van der Waals surface area (Å²) in [6, 6.07) is 0. The van der Waals surface area contributed by atoms with Gasteiger partial charge in [0.25, 0.3) is 0 Å². The van der Waals surface area contributed by atoms with E-state index >= 15 is 0 Å². The van der Waals surface area contributed by atoms with E-state index in [4.69, 9.17) is 4.74 Å². The van der Waals surface area contributed by atoms with Crippen LogP contribution in [0.1, 0.15) is 46.0 Å². The zero-order valence-corrected chi connectivity index (χ0v) is 7.10. The lowest BCUT2D eigenvalue weighted by atomic mass is 10.2. The van der Waals surface area contributed by atoms with Gasteiger partial charge in [0, 0.05) is 0 Å². The van der Waals surface area contributed by atoms with Gasteiger partial charge in [0.15, 0.2) is 0 Å². The van der Waals surface area contributed by atoms with Crippen LogP contribution in [0.15, 0.2) is 0 Å². The third kappa shape index (κ3) is 2.30. The number of hydrogen-bond acceptors (Lipinski definition) is 1. The molecule has 0 aromatic heterocycles. The maximum atomic E-state index is 5.76. The summed E-state index contributed by atoms with van der Waals surface area (Å²) in [6.45, 7) is 4.35. The molecule has 1 fully saturated rings. The van der Waals surface area contributed by atoms with E-state index in [1.807, 2.05) is 0 Å². The summed E-state index contributed by atoms with van der Waals surface area (Å²) >= 11 is 0. The summed E-state index contributed by atoms with van der Waals surface area (Å²) < 4.78 is 5.76. The first-order chi connectivity index (χ1) is 4.83. The van der Waals surface area contributed by atoms with Gasteiger partial charge in [-0.25, -0.2) is 0 Å². The monoisotopic (exact) mass is 142 g/mol. The third-order valence-corrected chi connectivity index (χ3v) is 2.30. The van der Waals surface area contributed by atoms with Gasteiger partial charge in [-0.15, -0.1) is 0 Å². The molecular weight excluding hydrogens is 124 g/mol. The van der Waals surface area contributed by atoms with Crippen molar-refractivity contribution in [2.45, 2.75) is 58.2 Å². The normalized spacial score (nSPS) is 23.4. The zero-order valence-electron chi connectivity index (χ0n) is 7.10. The van der Waals surface area contributed by atoms with Crippen molar-refractivity contribution >= 4 is 0 Å². The summed E-state index contributed by atoms with van der Waals surface area (Å²) in [4.78, 5) is 0. The van der Waals surface area contributed by atoms with E-state index in [0.717, 1.165) is 6.42 Å². The van der Waals surface area contributed by atoms with Gasteiger partial charge in [-0.05, 0) is 26.2 Å². The van der Waals surface area contributed by atoms with E-state index in [9.17, 15) is 0 Å². The standard InChI is InChI=1S/C9H18O/c1-3-8(2)10-9-6-4-5-7-9/h8-9H,3-7H2,1-2H3. The highest BCUT2D eigenvalue weighted by Gasteiger charge is 2.16. The summed E-state index contributed by atoms with van der Waals surface area (Å²) in [5, 5.41) is 0. The Labute approximate surface area is 63.8 Å². The molecule has 1 aliphatic carbocycles. The Morgan fingerprint density at radius 1 is 1.40 bits per heavy atom. The highest BCUT2D eigenvalue weighted by Crippen LogP contribution is 2.22. The molecule has 0 radical (unpaired) electrons. The van der Waals surface area contributed by atoms with Gasteiger partial charge < -0.3 is 4.74 Å². The van der Waals surface area contributed by atoms with Gasteiger partial charge in [-0.2, -0.15) is 0 Å². The van der Waals surface area contributed by atoms with Gasteiger partial charge in [0.05, 0.1) is 12.2 Å². The Kier molecular flexibility index (Phi) is 3.20. The summed E-state index contributed by atoms with van der Waals surface area (Å²) in [7, 11) is 0. The number of rotatable bonds is 3. The second-order valence-corrected chi connectivity index (χ2v) is 3.26. The van der Waals surface area contributed by atoms with Crippen LogP contribution in [0.25, 0.3) is 0 Å². The fourth-order valence-electron chi connectivity index (χ4n) is 1.45.